The summed E-state index contributed by atoms with van der Waals surface area (Å²) in [5.41, 5.74) is 2.45. The number of nitrogens with zero attached hydrogens (tertiary/aromatic N) is 1. The van der Waals surface area contributed by atoms with Gasteiger partial charge >= 0.3 is 6.61 Å². The smallest absolute Gasteiger partial charge is 0.387 e. The Bertz CT molecular complexity index is 768. The maximum Gasteiger partial charge on any atom is 0.387 e. The van der Waals surface area contributed by atoms with Crippen LogP contribution in [0.25, 0.3) is 11.1 Å². The van der Waals surface area contributed by atoms with Gasteiger partial charge in [-0.2, -0.15) is 8.78 Å². The number of para-hydroxylation sites is 1. The number of carbonyl (C=O) groups is 1. The zero-order valence-corrected chi connectivity index (χ0v) is 13.7. The Morgan fingerprint density at radius 2 is 2.00 bits per heavy atom. The molecule has 0 bridgehead atoms. The maximum absolute atomic E-state index is 12.6. The third-order valence-corrected chi connectivity index (χ3v) is 3.98. The van der Waals surface area contributed by atoms with Crippen LogP contribution in [0.1, 0.15) is 10.4 Å². The van der Waals surface area contributed by atoms with Gasteiger partial charge in [0.2, 0.25) is 0 Å². The largest absolute Gasteiger partial charge is 0.434 e. The molecule has 5 nitrogen and oxygen atoms in total. The number of rotatable bonds is 6. The molecule has 7 heteroatoms. The van der Waals surface area contributed by atoms with E-state index < -0.39 is 6.61 Å². The van der Waals surface area contributed by atoms with Gasteiger partial charge in [-0.1, -0.05) is 24.3 Å². The summed E-state index contributed by atoms with van der Waals surface area (Å²) in [6.07, 6.45) is 0. The minimum atomic E-state index is -2.90. The lowest BCUT2D eigenvalue weighted by molar-refractivity contribution is -0.0494. The number of anilines is 1. The molecule has 132 valence electrons. The van der Waals surface area contributed by atoms with Crippen molar-refractivity contribution in [1.29, 1.82) is 0 Å². The number of fused-ring (bicyclic) bond motifs is 1. The fraction of sp³-hybridized carbons (Fsp3) is 0.278. The Balaban J connectivity index is 1.90. The predicted octanol–water partition coefficient (Wildman–Crippen LogP) is 3.43. The van der Waals surface area contributed by atoms with Crippen molar-refractivity contribution in [1.82, 2.24) is 4.90 Å². The summed E-state index contributed by atoms with van der Waals surface area (Å²) in [7, 11) is 1.58. The van der Waals surface area contributed by atoms with Gasteiger partial charge in [0.25, 0.3) is 5.91 Å². The van der Waals surface area contributed by atoms with Crippen LogP contribution in [0.3, 0.4) is 0 Å². The van der Waals surface area contributed by atoms with E-state index in [9.17, 15) is 13.6 Å². The number of halogens is 2. The summed E-state index contributed by atoms with van der Waals surface area (Å²) in [6, 6.07) is 11.8. The SMILES string of the molecule is COCCN1CNc2cc(-c3ccccc3OC(F)F)ccc2C1=O. The van der Waals surface area contributed by atoms with E-state index in [0.29, 0.717) is 42.2 Å². The summed E-state index contributed by atoms with van der Waals surface area (Å²) < 4.78 is 34.8. The van der Waals surface area contributed by atoms with Crippen LogP contribution in [0.5, 0.6) is 5.75 Å². The molecular weight excluding hydrogens is 330 g/mol. The second-order valence-corrected chi connectivity index (χ2v) is 5.53. The third-order valence-electron chi connectivity index (χ3n) is 3.98. The molecule has 0 aromatic heterocycles. The molecule has 0 radical (unpaired) electrons. The molecule has 0 spiro atoms. The third kappa shape index (κ3) is 3.71. The molecule has 1 aliphatic rings. The summed E-state index contributed by atoms with van der Waals surface area (Å²) in [5.74, 6) is 0.00997. The van der Waals surface area contributed by atoms with Crippen molar-refractivity contribution in [3.05, 3.63) is 48.0 Å². The lowest BCUT2D eigenvalue weighted by Crippen LogP contribution is -2.41. The van der Waals surface area contributed by atoms with Crippen LogP contribution in [0.15, 0.2) is 42.5 Å². The number of alkyl halides is 2. The van der Waals surface area contributed by atoms with E-state index in [-0.39, 0.29) is 11.7 Å². The molecule has 0 saturated carbocycles. The number of hydrogen-bond donors (Lipinski definition) is 1. The zero-order valence-electron chi connectivity index (χ0n) is 13.7. The Morgan fingerprint density at radius 3 is 2.76 bits per heavy atom. The van der Waals surface area contributed by atoms with Gasteiger partial charge in [0.1, 0.15) is 5.75 Å². The summed E-state index contributed by atoms with van der Waals surface area (Å²) in [6.45, 7) is -1.57. The highest BCUT2D eigenvalue weighted by atomic mass is 19.3. The topological polar surface area (TPSA) is 50.8 Å². The average molecular weight is 348 g/mol. The average Bonchev–Trinajstić information content (AvgIpc) is 2.61. The van der Waals surface area contributed by atoms with Gasteiger partial charge in [0.15, 0.2) is 0 Å². The van der Waals surface area contributed by atoms with E-state index in [4.69, 9.17) is 4.74 Å². The quantitative estimate of drug-likeness (QED) is 0.869. The molecule has 0 saturated heterocycles. The van der Waals surface area contributed by atoms with Gasteiger partial charge in [-0.15, -0.1) is 0 Å². The van der Waals surface area contributed by atoms with Crippen LogP contribution in [-0.2, 0) is 4.74 Å². The van der Waals surface area contributed by atoms with Crippen LogP contribution in [-0.4, -0.2) is 44.3 Å². The molecule has 2 aromatic carbocycles. The Morgan fingerprint density at radius 1 is 1.20 bits per heavy atom. The monoisotopic (exact) mass is 348 g/mol. The van der Waals surface area contributed by atoms with Gasteiger partial charge in [0, 0.05) is 24.9 Å². The first-order chi connectivity index (χ1) is 12.1. The molecule has 1 aliphatic heterocycles. The normalized spacial score (nSPS) is 13.6. The number of ether oxygens (including phenoxy) is 2. The Labute approximate surface area is 144 Å². The number of benzene rings is 2. The lowest BCUT2D eigenvalue weighted by atomic mass is 10.00. The first-order valence-corrected chi connectivity index (χ1v) is 7.80. The van der Waals surface area contributed by atoms with E-state index >= 15 is 0 Å². The van der Waals surface area contributed by atoms with Crippen molar-refractivity contribution in [3.8, 4) is 16.9 Å². The van der Waals surface area contributed by atoms with E-state index in [1.54, 1.807) is 48.4 Å². The van der Waals surface area contributed by atoms with Crippen molar-refractivity contribution in [2.75, 3.05) is 32.2 Å². The highest BCUT2D eigenvalue weighted by molar-refractivity contribution is 6.02. The predicted molar refractivity (Wildman–Crippen MR) is 89.9 cm³/mol. The van der Waals surface area contributed by atoms with Gasteiger partial charge in [-0.3, -0.25) is 4.79 Å². The zero-order chi connectivity index (χ0) is 17.8. The van der Waals surface area contributed by atoms with Gasteiger partial charge in [0.05, 0.1) is 18.8 Å². The van der Waals surface area contributed by atoms with E-state index in [2.05, 4.69) is 10.1 Å². The molecule has 0 fully saturated rings. The Hall–Kier alpha value is -2.67. The first kappa shape index (κ1) is 17.2. The fourth-order valence-electron chi connectivity index (χ4n) is 2.75. The number of nitrogens with one attached hydrogen (secondary N) is 1. The van der Waals surface area contributed by atoms with Crippen molar-refractivity contribution < 1.29 is 23.0 Å². The standard InChI is InChI=1S/C18H18F2N2O3/c1-24-9-8-22-11-21-15-10-12(6-7-14(15)17(22)23)13-4-2-3-5-16(13)25-18(19)20/h2-7,10,18,21H,8-9,11H2,1H3. The van der Waals surface area contributed by atoms with Crippen LogP contribution in [0.4, 0.5) is 14.5 Å². The number of amides is 1. The van der Waals surface area contributed by atoms with Crippen LogP contribution in [0, 0.1) is 0 Å². The highest BCUT2D eigenvalue weighted by Gasteiger charge is 2.24. The molecule has 1 amide bonds. The summed E-state index contributed by atoms with van der Waals surface area (Å²) in [5, 5.41) is 3.18. The highest BCUT2D eigenvalue weighted by Crippen LogP contribution is 2.34. The van der Waals surface area contributed by atoms with Gasteiger partial charge in [-0.05, 0) is 23.8 Å². The summed E-state index contributed by atoms with van der Waals surface area (Å²) >= 11 is 0. The maximum atomic E-state index is 12.6. The summed E-state index contributed by atoms with van der Waals surface area (Å²) in [4.78, 5) is 14.1. The molecule has 1 heterocycles. The molecule has 3 rings (SSSR count). The molecule has 1 N–H and O–H groups in total. The molecule has 2 aromatic rings. The minimum Gasteiger partial charge on any atom is -0.434 e. The van der Waals surface area contributed by atoms with Crippen molar-refractivity contribution in [3.63, 3.8) is 0 Å². The van der Waals surface area contributed by atoms with Gasteiger partial charge in [-0.25, -0.2) is 0 Å². The molecule has 0 unspecified atom stereocenters. The van der Waals surface area contributed by atoms with E-state index in [1.807, 2.05) is 0 Å². The lowest BCUT2D eigenvalue weighted by Gasteiger charge is -2.29. The fourth-order valence-corrected chi connectivity index (χ4v) is 2.75. The molecule has 0 atom stereocenters. The second-order valence-electron chi connectivity index (χ2n) is 5.53. The van der Waals surface area contributed by atoms with Crippen molar-refractivity contribution in [2.24, 2.45) is 0 Å². The van der Waals surface area contributed by atoms with Crippen LogP contribution in [0.2, 0.25) is 0 Å². The van der Waals surface area contributed by atoms with E-state index in [0.717, 1.165) is 0 Å². The molecule has 25 heavy (non-hydrogen) atoms. The molecular formula is C18H18F2N2O3. The number of methoxy groups -OCH3 is 1. The molecule has 0 aliphatic carbocycles. The van der Waals surface area contributed by atoms with Crippen LogP contribution >= 0.6 is 0 Å². The Kier molecular flexibility index (Phi) is 5.14. The van der Waals surface area contributed by atoms with Crippen molar-refractivity contribution in [2.45, 2.75) is 6.61 Å². The first-order valence-electron chi connectivity index (χ1n) is 7.80. The number of carbonyl (C=O) groups excluding carboxylic acids is 1. The van der Waals surface area contributed by atoms with Crippen LogP contribution < -0.4 is 10.1 Å². The minimum absolute atomic E-state index is 0.0885. The van der Waals surface area contributed by atoms with Crippen molar-refractivity contribution >= 4 is 11.6 Å². The van der Waals surface area contributed by atoms with E-state index in [1.165, 1.54) is 6.07 Å². The second kappa shape index (κ2) is 7.48. The van der Waals surface area contributed by atoms with Gasteiger partial charge < -0.3 is 19.7 Å². The number of hydrogen-bond acceptors (Lipinski definition) is 4.